The molecule has 0 fully saturated rings. The van der Waals surface area contributed by atoms with E-state index >= 15 is 0 Å². The van der Waals surface area contributed by atoms with Gasteiger partial charge in [-0.25, -0.2) is 0 Å². The molecule has 0 unspecified atom stereocenters. The van der Waals surface area contributed by atoms with Gasteiger partial charge in [0.1, 0.15) is 0 Å². The first-order valence-electron chi connectivity index (χ1n) is 35.4. The van der Waals surface area contributed by atoms with Crippen LogP contribution < -0.4 is 0 Å². The summed E-state index contributed by atoms with van der Waals surface area (Å²) in [5.74, 6) is 0.603. The number of fused-ring (bicyclic) bond motifs is 10. The predicted octanol–water partition coefficient (Wildman–Crippen LogP) is 27.4. The second kappa shape index (κ2) is 44.4. The Morgan fingerprint density at radius 3 is 0.841 bits per heavy atom. The molecule has 0 aromatic heterocycles. The van der Waals surface area contributed by atoms with Crippen molar-refractivity contribution in [3.8, 4) is 33.4 Å². The van der Waals surface area contributed by atoms with Crippen LogP contribution >= 0.6 is 0 Å². The van der Waals surface area contributed by atoms with Crippen LogP contribution in [0.25, 0.3) is 44.2 Å². The van der Waals surface area contributed by atoms with E-state index in [-0.39, 0.29) is 0 Å². The largest absolute Gasteiger partial charge is 0.390 e. The van der Waals surface area contributed by atoms with Crippen LogP contribution in [0, 0.1) is 5.41 Å². The molecule has 0 radical (unpaired) electrons. The molecule has 11 rings (SSSR count). The fourth-order valence-electron chi connectivity index (χ4n) is 11.8. The van der Waals surface area contributed by atoms with E-state index in [1.807, 2.05) is 55.4 Å². The van der Waals surface area contributed by atoms with Crippen molar-refractivity contribution in [2.45, 2.75) is 263 Å². The van der Waals surface area contributed by atoms with E-state index in [2.05, 4.69) is 237 Å². The third-order valence-corrected chi connectivity index (χ3v) is 16.5. The quantitative estimate of drug-likeness (QED) is 0.0754. The van der Waals surface area contributed by atoms with Crippen molar-refractivity contribution >= 4 is 10.8 Å². The Morgan fingerprint density at radius 2 is 0.557 bits per heavy atom. The van der Waals surface area contributed by atoms with E-state index in [4.69, 9.17) is 0 Å². The molecule has 0 atom stereocenters. The second-order valence-corrected chi connectivity index (χ2v) is 25.7. The summed E-state index contributed by atoms with van der Waals surface area (Å²) in [6, 6.07) is 67.0. The van der Waals surface area contributed by atoms with E-state index in [9.17, 15) is 5.11 Å². The average molecular weight is 1190 g/mol. The summed E-state index contributed by atoms with van der Waals surface area (Å²) in [6.07, 6.45) is 30.8. The van der Waals surface area contributed by atoms with Crippen molar-refractivity contribution in [3.63, 3.8) is 0 Å². The number of hydrogen-bond donors (Lipinski definition) is 1. The van der Waals surface area contributed by atoms with Gasteiger partial charge in [0.2, 0.25) is 0 Å². The molecule has 0 saturated heterocycles. The molecule has 8 aromatic carbocycles. The molecule has 0 amide bonds. The van der Waals surface area contributed by atoms with Crippen LogP contribution in [0.4, 0.5) is 0 Å². The molecule has 0 spiro atoms. The third kappa shape index (κ3) is 28.2. The zero-order valence-electron chi connectivity index (χ0n) is 58.7. The van der Waals surface area contributed by atoms with Crippen molar-refractivity contribution in [2.75, 3.05) is 0 Å². The maximum Gasteiger partial charge on any atom is 0.0591 e. The zero-order chi connectivity index (χ0) is 64.4. The SMILES string of the molecule is CC.CC.CC.CC(C)c1cccc2ccccc12.CCCCCCCCCCCC(C)(C)C.CCCCCCCCCCCC(C)(C)O.c1ccc2c(c1)Cc1ccccc1-2.c1ccc2c(c1)Cc1ccccc1-2.c1ccc2c(c1)Cc1ccccc1-2. The van der Waals surface area contributed by atoms with Crippen LogP contribution in [0.2, 0.25) is 0 Å². The number of benzene rings is 8. The van der Waals surface area contributed by atoms with Crippen molar-refractivity contribution in [1.29, 1.82) is 0 Å². The van der Waals surface area contributed by atoms with Gasteiger partial charge in [0.25, 0.3) is 0 Å². The molecule has 8 aromatic rings. The summed E-state index contributed by atoms with van der Waals surface area (Å²) in [6.45, 7) is 31.9. The second-order valence-electron chi connectivity index (χ2n) is 25.7. The zero-order valence-corrected chi connectivity index (χ0v) is 58.7. The fourth-order valence-corrected chi connectivity index (χ4v) is 11.8. The lowest BCUT2D eigenvalue weighted by Gasteiger charge is -2.17. The Labute approximate surface area is 541 Å². The highest BCUT2D eigenvalue weighted by molar-refractivity contribution is 5.86. The Hall–Kier alpha value is -6.02. The standard InChI is InChI=1S/C15H32.C14H30O.3C13H10.C13H14.3C2H6/c1-5-6-7-8-9-10-11-12-13-14-15(2,3)4;1-4-5-6-7-8-9-10-11-12-13-14(2,3)15;3*1-3-7-12-10(5-1)9-11-6-2-4-8-13(11)12;1-10(2)12-9-5-7-11-6-3-4-8-13(11)12;3*1-2/h5-14H2,1-4H3;15H,4-13H2,1-3H3;3*1-8H,9H2;3-10H,1-2H3;3*1-2H3. The number of hydrogen-bond acceptors (Lipinski definition) is 1. The first kappa shape index (κ1) is 76.2. The van der Waals surface area contributed by atoms with Crippen LogP contribution in [-0.4, -0.2) is 10.7 Å². The van der Waals surface area contributed by atoms with Crippen LogP contribution in [0.5, 0.6) is 0 Å². The summed E-state index contributed by atoms with van der Waals surface area (Å²) < 4.78 is 0. The van der Waals surface area contributed by atoms with Crippen LogP contribution in [0.15, 0.2) is 188 Å². The normalized spacial score (nSPS) is 11.4. The molecule has 0 bridgehead atoms. The topological polar surface area (TPSA) is 20.2 Å². The van der Waals surface area contributed by atoms with Crippen molar-refractivity contribution < 1.29 is 5.11 Å². The van der Waals surface area contributed by atoms with Gasteiger partial charge in [-0.3, -0.25) is 0 Å². The summed E-state index contributed by atoms with van der Waals surface area (Å²) in [5.41, 5.74) is 18.8. The predicted molar refractivity (Wildman–Crippen MR) is 396 cm³/mol. The van der Waals surface area contributed by atoms with Gasteiger partial charge in [0, 0.05) is 0 Å². The van der Waals surface area contributed by atoms with Crippen molar-refractivity contribution in [2.24, 2.45) is 5.41 Å². The van der Waals surface area contributed by atoms with E-state index in [0.717, 1.165) is 25.7 Å². The van der Waals surface area contributed by atoms with E-state index in [1.54, 1.807) is 0 Å². The van der Waals surface area contributed by atoms with Crippen LogP contribution in [0.1, 0.15) is 277 Å². The van der Waals surface area contributed by atoms with Gasteiger partial charge in [0.05, 0.1) is 5.60 Å². The molecular formula is C87H124O. The van der Waals surface area contributed by atoms with Gasteiger partial charge in [-0.2, -0.15) is 0 Å². The summed E-state index contributed by atoms with van der Waals surface area (Å²) >= 11 is 0. The van der Waals surface area contributed by atoms with Gasteiger partial charge in [-0.15, -0.1) is 0 Å². The molecule has 1 N–H and O–H groups in total. The lowest BCUT2D eigenvalue weighted by Crippen LogP contribution is -2.17. The minimum Gasteiger partial charge on any atom is -0.390 e. The molecule has 88 heavy (non-hydrogen) atoms. The molecule has 478 valence electrons. The highest BCUT2D eigenvalue weighted by atomic mass is 16.3. The van der Waals surface area contributed by atoms with E-state index < -0.39 is 5.60 Å². The highest BCUT2D eigenvalue weighted by Gasteiger charge is 2.18. The Morgan fingerprint density at radius 1 is 0.307 bits per heavy atom. The first-order valence-corrected chi connectivity index (χ1v) is 35.4. The summed E-state index contributed by atoms with van der Waals surface area (Å²) in [4.78, 5) is 0. The van der Waals surface area contributed by atoms with E-state index in [1.165, 1.54) is 205 Å². The smallest absolute Gasteiger partial charge is 0.0591 e. The number of unbranched alkanes of at least 4 members (excludes halogenated alkanes) is 16. The molecule has 3 aliphatic rings. The maximum atomic E-state index is 9.52. The van der Waals surface area contributed by atoms with Gasteiger partial charge in [0.15, 0.2) is 0 Å². The van der Waals surface area contributed by atoms with Gasteiger partial charge >= 0.3 is 0 Å². The Kier molecular flexibility index (Phi) is 38.5. The van der Waals surface area contributed by atoms with Crippen LogP contribution in [0.3, 0.4) is 0 Å². The highest BCUT2D eigenvalue weighted by Crippen LogP contribution is 2.38. The van der Waals surface area contributed by atoms with Crippen molar-refractivity contribution in [3.05, 3.63) is 227 Å². The van der Waals surface area contributed by atoms with Crippen LogP contribution in [-0.2, 0) is 19.3 Å². The first-order chi connectivity index (χ1) is 42.8. The molecule has 0 heterocycles. The molecular weight excluding hydrogens is 1060 g/mol. The van der Waals surface area contributed by atoms with Gasteiger partial charge in [-0.1, -0.05) is 394 Å². The molecule has 0 saturated carbocycles. The average Bonchev–Trinajstić information content (AvgIpc) is 3.44. The summed E-state index contributed by atoms with van der Waals surface area (Å²) in [5, 5.41) is 12.2. The van der Waals surface area contributed by atoms with Gasteiger partial charge in [-0.05, 0) is 140 Å². The minimum atomic E-state index is -0.457. The monoisotopic (exact) mass is 1180 g/mol. The lowest BCUT2D eigenvalue weighted by molar-refractivity contribution is 0.0680. The van der Waals surface area contributed by atoms with Crippen molar-refractivity contribution in [1.82, 2.24) is 0 Å². The Bertz CT molecular complexity index is 2670. The number of rotatable bonds is 20. The lowest BCUT2D eigenvalue weighted by atomic mass is 9.89. The molecule has 1 nitrogen and oxygen atoms in total. The fraction of sp³-hybridized carbons (Fsp3) is 0.471. The number of aliphatic hydroxyl groups is 1. The maximum absolute atomic E-state index is 9.52. The summed E-state index contributed by atoms with van der Waals surface area (Å²) in [7, 11) is 0. The Balaban J connectivity index is 0.000000271. The van der Waals surface area contributed by atoms with Gasteiger partial charge < -0.3 is 5.11 Å². The third-order valence-electron chi connectivity index (χ3n) is 16.5. The molecule has 3 aliphatic carbocycles. The molecule has 1 heteroatoms. The van der Waals surface area contributed by atoms with E-state index in [0.29, 0.717) is 11.3 Å². The minimum absolute atomic E-state index is 0.457. The molecule has 0 aliphatic heterocycles.